The lowest BCUT2D eigenvalue weighted by Crippen LogP contribution is -2.18. The molecule has 2 aromatic carbocycles. The Hall–Kier alpha value is -1.85. The van der Waals surface area contributed by atoms with Crippen LogP contribution in [0, 0.1) is 0 Å². The molecule has 0 amide bonds. The monoisotopic (exact) mass is 345 g/mol. The molecule has 0 aliphatic heterocycles. The van der Waals surface area contributed by atoms with E-state index in [-0.39, 0.29) is 11.7 Å². The molecular weight excluding hydrogens is 330 g/mol. The van der Waals surface area contributed by atoms with E-state index in [0.717, 1.165) is 27.5 Å². The summed E-state index contributed by atoms with van der Waals surface area (Å²) in [5, 5.41) is 3.34. The fourth-order valence-corrected chi connectivity index (χ4v) is 3.00. The van der Waals surface area contributed by atoms with Gasteiger partial charge in [-0.3, -0.25) is 0 Å². The summed E-state index contributed by atoms with van der Waals surface area (Å²) in [6, 6.07) is 14.5. The van der Waals surface area contributed by atoms with Crippen molar-refractivity contribution in [1.29, 1.82) is 0 Å². The molecule has 0 spiro atoms. The van der Waals surface area contributed by atoms with E-state index in [1.165, 1.54) is 5.56 Å². The predicted molar refractivity (Wildman–Crippen MR) is 88.6 cm³/mol. The average Bonchev–Trinajstić information content (AvgIpc) is 2.84. The first-order valence-electron chi connectivity index (χ1n) is 6.79. The van der Waals surface area contributed by atoms with Crippen molar-refractivity contribution in [2.24, 2.45) is 0 Å². The molecule has 1 atom stereocenters. The van der Waals surface area contributed by atoms with Gasteiger partial charge in [-0.05, 0) is 48.9 Å². The van der Waals surface area contributed by atoms with E-state index in [1.54, 1.807) is 0 Å². The number of fused-ring (bicyclic) bond motifs is 1. The van der Waals surface area contributed by atoms with E-state index in [0.29, 0.717) is 0 Å². The van der Waals surface area contributed by atoms with Crippen molar-refractivity contribution in [3.05, 3.63) is 68.5 Å². The van der Waals surface area contributed by atoms with Gasteiger partial charge in [-0.15, -0.1) is 0 Å². The van der Waals surface area contributed by atoms with Crippen LogP contribution in [0.4, 0.5) is 0 Å². The van der Waals surface area contributed by atoms with E-state index in [4.69, 9.17) is 0 Å². The summed E-state index contributed by atoms with van der Waals surface area (Å²) in [4.78, 5) is 16.9. The zero-order valence-electron chi connectivity index (χ0n) is 11.6. The van der Waals surface area contributed by atoms with Gasteiger partial charge >= 0.3 is 5.69 Å². The Kier molecular flexibility index (Phi) is 3.94. The largest absolute Gasteiger partial charge is 0.323 e. The molecule has 1 heterocycles. The fraction of sp³-hybridized carbons (Fsp3) is 0.188. The third-order valence-electron chi connectivity index (χ3n) is 3.62. The second kappa shape index (κ2) is 5.87. The third-order valence-corrected chi connectivity index (χ3v) is 4.11. The van der Waals surface area contributed by atoms with Gasteiger partial charge < -0.3 is 15.3 Å². The fourth-order valence-electron chi connectivity index (χ4n) is 2.55. The molecule has 0 aliphatic carbocycles. The van der Waals surface area contributed by atoms with Gasteiger partial charge in [0.25, 0.3) is 0 Å². The van der Waals surface area contributed by atoms with E-state index < -0.39 is 0 Å². The lowest BCUT2D eigenvalue weighted by atomic mass is 9.98. The van der Waals surface area contributed by atoms with Gasteiger partial charge in [0.2, 0.25) is 0 Å². The SMILES string of the molecule is CNC(Cc1cccc(Br)c1)c1ccc2[nH]c(=O)[nH]c2c1. The molecule has 0 aliphatic rings. The first-order chi connectivity index (χ1) is 10.2. The highest BCUT2D eigenvalue weighted by Gasteiger charge is 2.11. The Morgan fingerprint density at radius 1 is 1.14 bits per heavy atom. The van der Waals surface area contributed by atoms with Crippen molar-refractivity contribution >= 4 is 27.0 Å². The Labute approximate surface area is 130 Å². The first kappa shape index (κ1) is 14.1. The summed E-state index contributed by atoms with van der Waals surface area (Å²) < 4.78 is 1.08. The van der Waals surface area contributed by atoms with Crippen LogP contribution in [-0.4, -0.2) is 17.0 Å². The molecule has 4 nitrogen and oxygen atoms in total. The van der Waals surface area contributed by atoms with Gasteiger partial charge in [0.1, 0.15) is 0 Å². The average molecular weight is 346 g/mol. The number of aromatic nitrogens is 2. The number of benzene rings is 2. The number of halogens is 1. The number of aromatic amines is 2. The molecule has 0 bridgehead atoms. The van der Waals surface area contributed by atoms with Gasteiger partial charge in [-0.2, -0.15) is 0 Å². The molecule has 3 N–H and O–H groups in total. The molecule has 5 heteroatoms. The lowest BCUT2D eigenvalue weighted by molar-refractivity contribution is 0.592. The summed E-state index contributed by atoms with van der Waals surface area (Å²) in [6.07, 6.45) is 0.885. The van der Waals surface area contributed by atoms with Crippen LogP contribution in [0.3, 0.4) is 0 Å². The van der Waals surface area contributed by atoms with Crippen molar-refractivity contribution in [3.63, 3.8) is 0 Å². The maximum absolute atomic E-state index is 11.3. The highest BCUT2D eigenvalue weighted by Crippen LogP contribution is 2.22. The second-order valence-electron chi connectivity index (χ2n) is 5.06. The van der Waals surface area contributed by atoms with Crippen LogP contribution < -0.4 is 11.0 Å². The normalized spacial score (nSPS) is 12.7. The minimum atomic E-state index is -0.171. The molecule has 3 rings (SSSR count). The van der Waals surface area contributed by atoms with Crippen LogP contribution in [0.25, 0.3) is 11.0 Å². The zero-order chi connectivity index (χ0) is 14.8. The molecular formula is C16H16BrN3O. The molecule has 1 aromatic heterocycles. The Morgan fingerprint density at radius 2 is 1.95 bits per heavy atom. The van der Waals surface area contributed by atoms with Crippen molar-refractivity contribution in [2.75, 3.05) is 7.05 Å². The second-order valence-corrected chi connectivity index (χ2v) is 5.98. The smallest absolute Gasteiger partial charge is 0.313 e. The number of hydrogen-bond acceptors (Lipinski definition) is 2. The zero-order valence-corrected chi connectivity index (χ0v) is 13.2. The summed E-state index contributed by atoms with van der Waals surface area (Å²) in [7, 11) is 1.95. The molecule has 0 fully saturated rings. The number of likely N-dealkylation sites (N-methyl/N-ethyl adjacent to an activating group) is 1. The highest BCUT2D eigenvalue weighted by molar-refractivity contribution is 9.10. The molecule has 108 valence electrons. The van der Waals surface area contributed by atoms with Gasteiger partial charge in [0.05, 0.1) is 11.0 Å². The molecule has 0 saturated carbocycles. The van der Waals surface area contributed by atoms with Crippen LogP contribution in [0.5, 0.6) is 0 Å². The molecule has 0 saturated heterocycles. The highest BCUT2D eigenvalue weighted by atomic mass is 79.9. The van der Waals surface area contributed by atoms with E-state index >= 15 is 0 Å². The standard InChI is InChI=1S/C16H16BrN3O/c1-18-14(8-10-3-2-4-12(17)7-10)11-5-6-13-15(9-11)20-16(21)19-13/h2-7,9,14,18H,8H2,1H3,(H2,19,20,21). The number of imidazole rings is 1. The number of nitrogens with one attached hydrogen (secondary N) is 3. The maximum atomic E-state index is 11.3. The summed E-state index contributed by atoms with van der Waals surface area (Å²) >= 11 is 3.50. The summed E-state index contributed by atoms with van der Waals surface area (Å²) in [5.74, 6) is 0. The van der Waals surface area contributed by atoms with Crippen molar-refractivity contribution in [1.82, 2.24) is 15.3 Å². The number of rotatable bonds is 4. The Balaban J connectivity index is 1.92. The van der Waals surface area contributed by atoms with Crippen LogP contribution in [0.2, 0.25) is 0 Å². The van der Waals surface area contributed by atoms with Crippen LogP contribution in [0.1, 0.15) is 17.2 Å². The van der Waals surface area contributed by atoms with Crippen LogP contribution in [0.15, 0.2) is 51.7 Å². The topological polar surface area (TPSA) is 60.7 Å². The number of hydrogen-bond donors (Lipinski definition) is 3. The van der Waals surface area contributed by atoms with Crippen molar-refractivity contribution in [3.8, 4) is 0 Å². The van der Waals surface area contributed by atoms with Gasteiger partial charge in [0.15, 0.2) is 0 Å². The summed E-state index contributed by atoms with van der Waals surface area (Å²) in [6.45, 7) is 0. The molecule has 21 heavy (non-hydrogen) atoms. The Morgan fingerprint density at radius 3 is 2.71 bits per heavy atom. The Bertz CT molecular complexity index is 822. The molecule has 3 aromatic rings. The van der Waals surface area contributed by atoms with Crippen LogP contribution >= 0.6 is 15.9 Å². The molecule has 0 radical (unpaired) electrons. The quantitative estimate of drug-likeness (QED) is 0.680. The van der Waals surface area contributed by atoms with E-state index in [9.17, 15) is 4.79 Å². The van der Waals surface area contributed by atoms with Gasteiger partial charge in [-0.1, -0.05) is 34.1 Å². The van der Waals surface area contributed by atoms with Gasteiger partial charge in [0, 0.05) is 10.5 Å². The minimum absolute atomic E-state index is 0.171. The van der Waals surface area contributed by atoms with E-state index in [1.807, 2.05) is 37.4 Å². The summed E-state index contributed by atoms with van der Waals surface area (Å²) in [5.41, 5.74) is 3.91. The lowest BCUT2D eigenvalue weighted by Gasteiger charge is -2.17. The first-order valence-corrected chi connectivity index (χ1v) is 7.58. The van der Waals surface area contributed by atoms with Crippen LogP contribution in [-0.2, 0) is 6.42 Å². The number of H-pyrrole nitrogens is 2. The molecule has 1 unspecified atom stereocenters. The maximum Gasteiger partial charge on any atom is 0.323 e. The minimum Gasteiger partial charge on any atom is -0.313 e. The van der Waals surface area contributed by atoms with Gasteiger partial charge in [-0.25, -0.2) is 4.79 Å². The predicted octanol–water partition coefficient (Wildman–Crippen LogP) is 3.12. The third kappa shape index (κ3) is 3.09. The van der Waals surface area contributed by atoms with E-state index in [2.05, 4.69) is 43.3 Å². The van der Waals surface area contributed by atoms with Crippen molar-refractivity contribution in [2.45, 2.75) is 12.5 Å². The van der Waals surface area contributed by atoms with Crippen molar-refractivity contribution < 1.29 is 0 Å².